The van der Waals surface area contributed by atoms with Crippen molar-refractivity contribution in [2.45, 2.75) is 20.8 Å². The molecule has 2 heterocycles. The Morgan fingerprint density at radius 2 is 1.96 bits per heavy atom. The quantitative estimate of drug-likeness (QED) is 0.464. The number of carbonyl (C=O) groups excluding carboxylic acids is 1. The summed E-state index contributed by atoms with van der Waals surface area (Å²) < 4.78 is 7.03. The average Bonchev–Trinajstić information content (AvgIpc) is 3.13. The van der Waals surface area contributed by atoms with Gasteiger partial charge in [0.25, 0.3) is 0 Å². The van der Waals surface area contributed by atoms with Crippen LogP contribution in [0.15, 0.2) is 36.5 Å². The van der Waals surface area contributed by atoms with Crippen LogP contribution in [0, 0.1) is 13.8 Å². The largest absolute Gasteiger partial charge is 0.462 e. The molecule has 0 bridgehead atoms. The van der Waals surface area contributed by atoms with E-state index in [1.54, 1.807) is 11.6 Å². The number of benzene rings is 1. The predicted octanol–water partition coefficient (Wildman–Crippen LogP) is 4.75. The molecule has 0 aliphatic heterocycles. The molecule has 8 heteroatoms. The van der Waals surface area contributed by atoms with Crippen molar-refractivity contribution in [3.05, 3.63) is 52.7 Å². The Kier molecular flexibility index (Phi) is 6.11. The summed E-state index contributed by atoms with van der Waals surface area (Å²) in [7, 11) is 1.85. The van der Waals surface area contributed by atoms with E-state index in [1.165, 1.54) is 11.3 Å². The molecular formula is C20H22N4O2S2. The number of aromatic nitrogens is 2. The van der Waals surface area contributed by atoms with Gasteiger partial charge in [-0.25, -0.2) is 4.79 Å². The molecule has 28 heavy (non-hydrogen) atoms. The lowest BCUT2D eigenvalue weighted by Gasteiger charge is -2.11. The fourth-order valence-electron chi connectivity index (χ4n) is 2.96. The minimum Gasteiger partial charge on any atom is -0.462 e. The molecule has 0 saturated carbocycles. The Balaban J connectivity index is 1.95. The Labute approximate surface area is 173 Å². The van der Waals surface area contributed by atoms with Crippen molar-refractivity contribution in [2.75, 3.05) is 17.2 Å². The predicted molar refractivity (Wildman–Crippen MR) is 118 cm³/mol. The van der Waals surface area contributed by atoms with Gasteiger partial charge in [-0.2, -0.15) is 5.10 Å². The molecule has 6 nitrogen and oxygen atoms in total. The number of aryl methyl sites for hydroxylation is 3. The Morgan fingerprint density at radius 3 is 2.57 bits per heavy atom. The third kappa shape index (κ3) is 4.23. The van der Waals surface area contributed by atoms with Crippen molar-refractivity contribution in [2.24, 2.45) is 7.05 Å². The fourth-order valence-corrected chi connectivity index (χ4v) is 4.31. The zero-order valence-electron chi connectivity index (χ0n) is 16.2. The molecule has 0 aliphatic rings. The second kappa shape index (κ2) is 8.53. The molecule has 0 aliphatic carbocycles. The van der Waals surface area contributed by atoms with E-state index in [2.05, 4.69) is 15.7 Å². The van der Waals surface area contributed by atoms with E-state index >= 15 is 0 Å². The maximum Gasteiger partial charge on any atom is 0.341 e. The molecule has 0 amide bonds. The van der Waals surface area contributed by atoms with Gasteiger partial charge in [-0.15, -0.1) is 11.3 Å². The second-order valence-electron chi connectivity index (χ2n) is 6.20. The number of anilines is 2. The van der Waals surface area contributed by atoms with Crippen LogP contribution in [0.2, 0.25) is 0 Å². The molecule has 2 aromatic heterocycles. The summed E-state index contributed by atoms with van der Waals surface area (Å²) in [6.07, 6.45) is 1.85. The van der Waals surface area contributed by atoms with Crippen LogP contribution < -0.4 is 10.6 Å². The van der Waals surface area contributed by atoms with Gasteiger partial charge < -0.3 is 15.4 Å². The van der Waals surface area contributed by atoms with Gasteiger partial charge in [-0.05, 0) is 38.6 Å². The summed E-state index contributed by atoms with van der Waals surface area (Å²) in [4.78, 5) is 13.7. The smallest absolute Gasteiger partial charge is 0.341 e. The van der Waals surface area contributed by atoms with Crippen LogP contribution in [-0.2, 0) is 11.8 Å². The Bertz CT molecular complexity index is 1010. The monoisotopic (exact) mass is 414 g/mol. The van der Waals surface area contributed by atoms with Crippen molar-refractivity contribution < 1.29 is 9.53 Å². The van der Waals surface area contributed by atoms with Crippen LogP contribution in [0.3, 0.4) is 0 Å². The summed E-state index contributed by atoms with van der Waals surface area (Å²) >= 11 is 6.94. The van der Waals surface area contributed by atoms with E-state index in [9.17, 15) is 4.79 Å². The Hall–Kier alpha value is -2.71. The van der Waals surface area contributed by atoms with Crippen molar-refractivity contribution in [1.29, 1.82) is 0 Å². The first-order chi connectivity index (χ1) is 13.4. The average molecular weight is 415 g/mol. The molecule has 0 fully saturated rings. The van der Waals surface area contributed by atoms with Crippen LogP contribution in [0.5, 0.6) is 0 Å². The molecule has 2 N–H and O–H groups in total. The van der Waals surface area contributed by atoms with E-state index in [0.717, 1.165) is 27.4 Å². The second-order valence-corrected chi connectivity index (χ2v) is 7.84. The number of hydrogen-bond acceptors (Lipinski definition) is 5. The number of ether oxygens (including phenoxy) is 1. The number of nitrogens with one attached hydrogen (secondary N) is 2. The number of nitrogens with zero attached hydrogens (tertiary/aromatic N) is 2. The topological polar surface area (TPSA) is 68.2 Å². The van der Waals surface area contributed by atoms with Crippen molar-refractivity contribution in [3.8, 4) is 11.1 Å². The summed E-state index contributed by atoms with van der Waals surface area (Å²) in [5.41, 5.74) is 3.99. The molecule has 0 atom stereocenters. The molecule has 146 valence electrons. The zero-order chi connectivity index (χ0) is 20.3. The number of carbonyl (C=O) groups is 1. The van der Waals surface area contributed by atoms with Crippen LogP contribution >= 0.6 is 23.6 Å². The van der Waals surface area contributed by atoms with Crippen molar-refractivity contribution in [1.82, 2.24) is 9.78 Å². The third-order valence-corrected chi connectivity index (χ3v) is 5.34. The molecule has 1 aromatic carbocycles. The lowest BCUT2D eigenvalue weighted by atomic mass is 10.0. The van der Waals surface area contributed by atoms with E-state index in [0.29, 0.717) is 22.3 Å². The van der Waals surface area contributed by atoms with Gasteiger partial charge in [-0.1, -0.05) is 30.3 Å². The van der Waals surface area contributed by atoms with Crippen LogP contribution in [0.1, 0.15) is 27.9 Å². The van der Waals surface area contributed by atoms with E-state index < -0.39 is 0 Å². The van der Waals surface area contributed by atoms with Gasteiger partial charge in [0, 0.05) is 23.7 Å². The summed E-state index contributed by atoms with van der Waals surface area (Å²) in [6, 6.07) is 9.82. The highest BCUT2D eigenvalue weighted by Crippen LogP contribution is 2.40. The maximum atomic E-state index is 12.7. The fraction of sp³-hybridized carbons (Fsp3) is 0.250. The molecule has 3 aromatic rings. The van der Waals surface area contributed by atoms with Gasteiger partial charge in [-0.3, -0.25) is 4.68 Å². The molecule has 3 rings (SSSR count). The Morgan fingerprint density at radius 1 is 1.25 bits per heavy atom. The summed E-state index contributed by atoms with van der Waals surface area (Å²) in [5, 5.41) is 11.7. The maximum absolute atomic E-state index is 12.7. The van der Waals surface area contributed by atoms with Gasteiger partial charge in [0.1, 0.15) is 10.6 Å². The molecular weight excluding hydrogens is 392 g/mol. The third-order valence-electron chi connectivity index (χ3n) is 4.12. The number of rotatable bonds is 5. The van der Waals surface area contributed by atoms with Gasteiger partial charge >= 0.3 is 5.97 Å². The van der Waals surface area contributed by atoms with Crippen molar-refractivity contribution >= 4 is 45.3 Å². The molecule has 0 unspecified atom stereocenters. The highest BCUT2D eigenvalue weighted by atomic mass is 32.1. The SMILES string of the molecule is CCOC(=O)c1c(NC(=S)Nc2cn(C)nc2C)sc(C)c1-c1ccccc1. The molecule has 0 saturated heterocycles. The highest BCUT2D eigenvalue weighted by Gasteiger charge is 2.25. The van der Waals surface area contributed by atoms with Gasteiger partial charge in [0.2, 0.25) is 0 Å². The van der Waals surface area contributed by atoms with Crippen molar-refractivity contribution in [3.63, 3.8) is 0 Å². The number of esters is 1. The number of thiophene rings is 1. The van der Waals surface area contributed by atoms with Gasteiger partial charge in [0.15, 0.2) is 5.11 Å². The highest BCUT2D eigenvalue weighted by molar-refractivity contribution is 7.80. The molecule has 0 spiro atoms. The first-order valence-corrected chi connectivity index (χ1v) is 10.1. The summed E-state index contributed by atoms with van der Waals surface area (Å²) in [6.45, 7) is 5.99. The lowest BCUT2D eigenvalue weighted by molar-refractivity contribution is 0.0529. The first-order valence-electron chi connectivity index (χ1n) is 8.84. The first kappa shape index (κ1) is 20.0. The van der Waals surface area contributed by atoms with E-state index in [-0.39, 0.29) is 5.97 Å². The number of thiocarbonyl (C=S) groups is 1. The summed E-state index contributed by atoms with van der Waals surface area (Å²) in [5.74, 6) is -0.367. The van der Waals surface area contributed by atoms with Gasteiger partial charge in [0.05, 0.1) is 18.0 Å². The molecule has 0 radical (unpaired) electrons. The minimum absolute atomic E-state index is 0.305. The lowest BCUT2D eigenvalue weighted by Crippen LogP contribution is -2.20. The van der Waals surface area contributed by atoms with E-state index in [1.807, 2.05) is 57.4 Å². The standard InChI is InChI=1S/C20H22N4O2S2/c1-5-26-19(25)17-16(14-9-7-6-8-10-14)13(3)28-18(17)22-20(27)21-15-11-24(4)23-12(15)2/h6-11H,5H2,1-4H3,(H2,21,22,27). The normalized spacial score (nSPS) is 10.6. The minimum atomic E-state index is -0.367. The zero-order valence-corrected chi connectivity index (χ0v) is 17.8. The number of hydrogen-bond donors (Lipinski definition) is 2. The van der Waals surface area contributed by atoms with E-state index in [4.69, 9.17) is 17.0 Å². The van der Waals surface area contributed by atoms with Crippen LogP contribution in [-0.4, -0.2) is 27.5 Å². The van der Waals surface area contributed by atoms with Crippen LogP contribution in [0.4, 0.5) is 10.7 Å². The van der Waals surface area contributed by atoms with Crippen LogP contribution in [0.25, 0.3) is 11.1 Å².